The minimum absolute atomic E-state index is 0.0198. The number of sulfone groups is 1. The monoisotopic (exact) mass is 285 g/mol. The van der Waals surface area contributed by atoms with Gasteiger partial charge in [0.15, 0.2) is 9.84 Å². The van der Waals surface area contributed by atoms with E-state index in [0.717, 1.165) is 25.7 Å². The molecule has 0 bridgehead atoms. The molecule has 1 aliphatic carbocycles. The van der Waals surface area contributed by atoms with Crippen LogP contribution in [0.1, 0.15) is 52.3 Å². The smallest absolute Gasteiger partial charge is 0.160 e. The zero-order valence-electron chi connectivity index (χ0n) is 12.0. The van der Waals surface area contributed by atoms with Crippen molar-refractivity contribution >= 4 is 9.84 Å². The van der Waals surface area contributed by atoms with Gasteiger partial charge in [0.1, 0.15) is 17.9 Å². The third kappa shape index (κ3) is 3.35. The van der Waals surface area contributed by atoms with Crippen LogP contribution in [-0.2, 0) is 22.1 Å². The van der Waals surface area contributed by atoms with E-state index in [1.54, 1.807) is 4.68 Å². The first kappa shape index (κ1) is 14.5. The Labute approximate surface area is 115 Å². The summed E-state index contributed by atoms with van der Waals surface area (Å²) in [6.45, 7) is 7.02. The largest absolute Gasteiger partial charge is 0.249 e. The molecule has 6 heteroatoms. The molecule has 1 heterocycles. The predicted molar refractivity (Wildman–Crippen MR) is 74.4 cm³/mol. The van der Waals surface area contributed by atoms with Crippen LogP contribution in [0.25, 0.3) is 0 Å². The van der Waals surface area contributed by atoms with Gasteiger partial charge in [-0.05, 0) is 38.0 Å². The van der Waals surface area contributed by atoms with Crippen molar-refractivity contribution in [3.8, 4) is 0 Å². The highest BCUT2D eigenvalue weighted by atomic mass is 32.2. The summed E-state index contributed by atoms with van der Waals surface area (Å²) in [5, 5.41) is 3.82. The van der Waals surface area contributed by atoms with Gasteiger partial charge in [0.25, 0.3) is 0 Å². The summed E-state index contributed by atoms with van der Waals surface area (Å²) >= 11 is 0. The van der Waals surface area contributed by atoms with Crippen LogP contribution in [0, 0.1) is 5.41 Å². The highest BCUT2D eigenvalue weighted by molar-refractivity contribution is 7.91. The maximum Gasteiger partial charge on any atom is 0.160 e. The number of rotatable bonds is 4. The van der Waals surface area contributed by atoms with Gasteiger partial charge in [-0.25, -0.2) is 18.1 Å². The molecule has 0 spiro atoms. The fourth-order valence-corrected chi connectivity index (χ4v) is 4.47. The normalized spacial score (nSPS) is 20.6. The Morgan fingerprint density at radius 1 is 1.37 bits per heavy atom. The molecule has 1 aliphatic rings. The van der Waals surface area contributed by atoms with Gasteiger partial charge in [0, 0.05) is 6.54 Å². The maximum absolute atomic E-state index is 12.5. The number of aryl methyl sites for hydroxylation is 1. The Balaban J connectivity index is 2.07. The lowest BCUT2D eigenvalue weighted by Crippen LogP contribution is -2.31. The molecular weight excluding hydrogens is 262 g/mol. The van der Waals surface area contributed by atoms with Gasteiger partial charge in [-0.2, -0.15) is 5.10 Å². The van der Waals surface area contributed by atoms with Gasteiger partial charge < -0.3 is 0 Å². The van der Waals surface area contributed by atoms with Crippen molar-refractivity contribution in [3.05, 3.63) is 12.2 Å². The van der Waals surface area contributed by atoms with E-state index in [9.17, 15) is 8.42 Å². The summed E-state index contributed by atoms with van der Waals surface area (Å²) < 4.78 is 26.6. The molecule has 0 unspecified atom stereocenters. The molecule has 0 saturated heterocycles. The number of hydrogen-bond donors (Lipinski definition) is 0. The molecule has 108 valence electrons. The van der Waals surface area contributed by atoms with E-state index in [2.05, 4.69) is 23.9 Å². The topological polar surface area (TPSA) is 64.8 Å². The lowest BCUT2D eigenvalue weighted by molar-refractivity contribution is 0.245. The molecular formula is C13H23N3O2S. The first-order chi connectivity index (χ1) is 8.84. The van der Waals surface area contributed by atoms with Crippen LogP contribution in [0.4, 0.5) is 0 Å². The average Bonchev–Trinajstić information content (AvgIpc) is 2.75. The summed E-state index contributed by atoms with van der Waals surface area (Å²) in [4.78, 5) is 4.07. The Kier molecular flexibility index (Phi) is 3.99. The fraction of sp³-hybridized carbons (Fsp3) is 0.846. The number of nitrogens with zero attached hydrogens (tertiary/aromatic N) is 3. The van der Waals surface area contributed by atoms with E-state index in [4.69, 9.17) is 0 Å². The third-order valence-corrected chi connectivity index (χ3v) is 6.27. The minimum Gasteiger partial charge on any atom is -0.249 e. The lowest BCUT2D eigenvalue weighted by Gasteiger charge is -2.33. The van der Waals surface area contributed by atoms with Crippen molar-refractivity contribution in [1.29, 1.82) is 0 Å². The van der Waals surface area contributed by atoms with E-state index < -0.39 is 9.84 Å². The summed E-state index contributed by atoms with van der Waals surface area (Å²) in [6.07, 6.45) is 4.94. The van der Waals surface area contributed by atoms with Gasteiger partial charge >= 0.3 is 0 Å². The quantitative estimate of drug-likeness (QED) is 0.850. The highest BCUT2D eigenvalue weighted by Crippen LogP contribution is 2.38. The summed E-state index contributed by atoms with van der Waals surface area (Å²) in [6, 6.07) is 0. The zero-order valence-corrected chi connectivity index (χ0v) is 12.8. The SMILES string of the molecule is CCn1ncnc1CS(=O)(=O)C1CCC(C)(C)CC1. The number of aromatic nitrogens is 3. The second-order valence-electron chi connectivity index (χ2n) is 6.16. The van der Waals surface area contributed by atoms with E-state index in [1.807, 2.05) is 6.92 Å². The molecule has 1 saturated carbocycles. The average molecular weight is 285 g/mol. The van der Waals surface area contributed by atoms with Gasteiger partial charge in [-0.15, -0.1) is 0 Å². The molecule has 2 rings (SSSR count). The Bertz CT molecular complexity index is 524. The second-order valence-corrected chi connectivity index (χ2v) is 8.44. The van der Waals surface area contributed by atoms with Crippen LogP contribution in [-0.4, -0.2) is 28.4 Å². The van der Waals surface area contributed by atoms with Crippen LogP contribution in [0.2, 0.25) is 0 Å². The zero-order chi connectivity index (χ0) is 14.1. The number of hydrogen-bond acceptors (Lipinski definition) is 4. The molecule has 1 aromatic rings. The molecule has 1 aromatic heterocycles. The Morgan fingerprint density at radius 2 is 2.00 bits per heavy atom. The van der Waals surface area contributed by atoms with Gasteiger partial charge in [0.05, 0.1) is 5.25 Å². The second kappa shape index (κ2) is 5.23. The molecule has 0 atom stereocenters. The minimum atomic E-state index is -3.11. The van der Waals surface area contributed by atoms with Gasteiger partial charge in [0.2, 0.25) is 0 Å². The Hall–Kier alpha value is -0.910. The third-order valence-electron chi connectivity index (χ3n) is 4.12. The van der Waals surface area contributed by atoms with Crippen LogP contribution < -0.4 is 0 Å². The van der Waals surface area contributed by atoms with Crippen LogP contribution in [0.3, 0.4) is 0 Å². The molecule has 0 amide bonds. The molecule has 0 aromatic carbocycles. The van der Waals surface area contributed by atoms with E-state index in [1.165, 1.54) is 6.33 Å². The molecule has 1 fully saturated rings. The fourth-order valence-electron chi connectivity index (χ4n) is 2.69. The summed E-state index contributed by atoms with van der Waals surface area (Å²) in [5.74, 6) is 0.582. The highest BCUT2D eigenvalue weighted by Gasteiger charge is 2.34. The van der Waals surface area contributed by atoms with Crippen molar-refractivity contribution in [3.63, 3.8) is 0 Å². The first-order valence-corrected chi connectivity index (χ1v) is 8.64. The summed E-state index contributed by atoms with van der Waals surface area (Å²) in [7, 11) is -3.11. The summed E-state index contributed by atoms with van der Waals surface area (Å²) in [5.41, 5.74) is 0.287. The van der Waals surface area contributed by atoms with Crippen molar-refractivity contribution in [2.24, 2.45) is 5.41 Å². The lowest BCUT2D eigenvalue weighted by atomic mass is 9.77. The Morgan fingerprint density at radius 3 is 2.58 bits per heavy atom. The van der Waals surface area contributed by atoms with Gasteiger partial charge in [-0.3, -0.25) is 0 Å². The van der Waals surface area contributed by atoms with Crippen molar-refractivity contribution in [2.45, 2.75) is 64.0 Å². The molecule has 5 nitrogen and oxygen atoms in total. The standard InChI is InChI=1S/C13H23N3O2S/c1-4-16-12(14-10-15-16)9-19(17,18)11-5-7-13(2,3)8-6-11/h10-11H,4-9H2,1-3H3. The van der Waals surface area contributed by atoms with Crippen LogP contribution in [0.5, 0.6) is 0 Å². The van der Waals surface area contributed by atoms with Crippen molar-refractivity contribution < 1.29 is 8.42 Å². The maximum atomic E-state index is 12.5. The van der Waals surface area contributed by atoms with Crippen molar-refractivity contribution in [2.75, 3.05) is 0 Å². The van der Waals surface area contributed by atoms with Crippen LogP contribution in [0.15, 0.2) is 6.33 Å². The van der Waals surface area contributed by atoms with E-state index >= 15 is 0 Å². The van der Waals surface area contributed by atoms with E-state index in [0.29, 0.717) is 12.4 Å². The van der Waals surface area contributed by atoms with E-state index in [-0.39, 0.29) is 16.4 Å². The molecule has 0 aliphatic heterocycles. The predicted octanol–water partition coefficient (Wildman–Crippen LogP) is 2.18. The first-order valence-electron chi connectivity index (χ1n) is 6.92. The van der Waals surface area contributed by atoms with Crippen molar-refractivity contribution in [1.82, 2.24) is 14.8 Å². The molecule has 19 heavy (non-hydrogen) atoms. The van der Waals surface area contributed by atoms with Crippen LogP contribution >= 0.6 is 0 Å². The molecule has 0 radical (unpaired) electrons. The van der Waals surface area contributed by atoms with Gasteiger partial charge in [-0.1, -0.05) is 13.8 Å². The molecule has 0 N–H and O–H groups in total.